The van der Waals surface area contributed by atoms with Gasteiger partial charge in [0.2, 0.25) is 0 Å². The van der Waals surface area contributed by atoms with E-state index in [1.165, 1.54) is 5.69 Å². The van der Waals surface area contributed by atoms with Gasteiger partial charge in [-0.1, -0.05) is 20.3 Å². The van der Waals surface area contributed by atoms with Gasteiger partial charge in [-0.15, -0.1) is 0 Å². The summed E-state index contributed by atoms with van der Waals surface area (Å²) in [7, 11) is 1.90. The first-order valence-electron chi connectivity index (χ1n) is 4.74. The van der Waals surface area contributed by atoms with Crippen molar-refractivity contribution in [2.45, 2.75) is 33.1 Å². The van der Waals surface area contributed by atoms with Crippen LogP contribution < -0.4 is 0 Å². The zero-order valence-electron chi connectivity index (χ0n) is 8.50. The van der Waals surface area contributed by atoms with E-state index in [2.05, 4.69) is 18.8 Å². The summed E-state index contributed by atoms with van der Waals surface area (Å²) in [5, 5.41) is 0. The first-order chi connectivity index (χ1) is 6.24. The average molecular weight is 180 g/mol. The highest BCUT2D eigenvalue weighted by atomic mass is 16.1. The second-order valence-electron chi connectivity index (χ2n) is 3.14. The van der Waals surface area contributed by atoms with Gasteiger partial charge in [-0.2, -0.15) is 0 Å². The number of carbonyl (C=O) groups is 1. The molecular formula is C10H16N2O. The van der Waals surface area contributed by atoms with Crippen LogP contribution in [0, 0.1) is 0 Å². The summed E-state index contributed by atoms with van der Waals surface area (Å²) in [6.45, 7) is 4.20. The second-order valence-corrected chi connectivity index (χ2v) is 3.14. The van der Waals surface area contributed by atoms with Gasteiger partial charge >= 0.3 is 0 Å². The molecule has 0 aliphatic carbocycles. The lowest BCUT2D eigenvalue weighted by Gasteiger charge is -2.02. The fraction of sp³-hybridized carbons (Fsp3) is 0.600. The summed E-state index contributed by atoms with van der Waals surface area (Å²) in [4.78, 5) is 14.9. The van der Waals surface area contributed by atoms with Crippen LogP contribution in [-0.2, 0) is 19.9 Å². The third-order valence-corrected chi connectivity index (χ3v) is 2.26. The topological polar surface area (TPSA) is 34.9 Å². The Bertz CT molecular complexity index is 302. The van der Waals surface area contributed by atoms with Crippen LogP contribution in [0.4, 0.5) is 0 Å². The largest absolute Gasteiger partial charge is 0.329 e. The predicted octanol–water partition coefficient (Wildman–Crippen LogP) is 1.75. The van der Waals surface area contributed by atoms with Crippen LogP contribution in [0.3, 0.4) is 0 Å². The SMILES string of the molecule is CCCc1c(CC)nc(C=O)n1C. The lowest BCUT2D eigenvalue weighted by Crippen LogP contribution is -2.01. The number of rotatable bonds is 4. The minimum Gasteiger partial charge on any atom is -0.329 e. The number of hydrogen-bond donors (Lipinski definition) is 0. The number of carbonyl (C=O) groups excluding carboxylic acids is 1. The Morgan fingerprint density at radius 2 is 2.15 bits per heavy atom. The van der Waals surface area contributed by atoms with Crippen molar-refractivity contribution >= 4 is 6.29 Å². The Balaban J connectivity index is 3.12. The van der Waals surface area contributed by atoms with Gasteiger partial charge in [0.05, 0.1) is 5.69 Å². The Morgan fingerprint density at radius 3 is 2.62 bits per heavy atom. The Labute approximate surface area is 78.8 Å². The molecule has 3 nitrogen and oxygen atoms in total. The van der Waals surface area contributed by atoms with Crippen molar-refractivity contribution < 1.29 is 4.79 Å². The van der Waals surface area contributed by atoms with Gasteiger partial charge in [-0.25, -0.2) is 4.98 Å². The van der Waals surface area contributed by atoms with E-state index in [9.17, 15) is 4.79 Å². The summed E-state index contributed by atoms with van der Waals surface area (Å²) >= 11 is 0. The Morgan fingerprint density at radius 1 is 1.46 bits per heavy atom. The summed E-state index contributed by atoms with van der Waals surface area (Å²) in [5.41, 5.74) is 2.26. The number of aryl methyl sites for hydroxylation is 1. The molecule has 0 amide bonds. The summed E-state index contributed by atoms with van der Waals surface area (Å²) in [6, 6.07) is 0. The number of aldehydes is 1. The van der Waals surface area contributed by atoms with E-state index in [4.69, 9.17) is 0 Å². The average Bonchev–Trinajstić information content (AvgIpc) is 2.45. The highest BCUT2D eigenvalue weighted by molar-refractivity contribution is 5.69. The van der Waals surface area contributed by atoms with Gasteiger partial charge in [-0.3, -0.25) is 4.79 Å². The van der Waals surface area contributed by atoms with Gasteiger partial charge in [0.1, 0.15) is 0 Å². The summed E-state index contributed by atoms with van der Waals surface area (Å²) < 4.78 is 1.90. The molecule has 1 rings (SSSR count). The van der Waals surface area contributed by atoms with E-state index in [1.54, 1.807) is 0 Å². The molecule has 1 heterocycles. The van der Waals surface area contributed by atoms with Gasteiger partial charge in [0.15, 0.2) is 12.1 Å². The van der Waals surface area contributed by atoms with Gasteiger partial charge < -0.3 is 4.57 Å². The number of hydrogen-bond acceptors (Lipinski definition) is 2. The first-order valence-corrected chi connectivity index (χ1v) is 4.74. The van der Waals surface area contributed by atoms with Crippen LogP contribution in [0.25, 0.3) is 0 Å². The molecule has 0 aliphatic rings. The number of aromatic nitrogens is 2. The van der Waals surface area contributed by atoms with Crippen LogP contribution in [0.1, 0.15) is 42.3 Å². The Hall–Kier alpha value is -1.12. The first kappa shape index (κ1) is 9.96. The molecule has 0 unspecified atom stereocenters. The Kier molecular flexibility index (Phi) is 3.23. The highest BCUT2D eigenvalue weighted by Gasteiger charge is 2.10. The standard InChI is InChI=1S/C10H16N2O/c1-4-6-9-8(5-2)11-10(7-13)12(9)3/h7H,4-6H2,1-3H3. The normalized spacial score (nSPS) is 10.4. The van der Waals surface area contributed by atoms with E-state index in [0.717, 1.165) is 31.2 Å². The minimum absolute atomic E-state index is 0.542. The quantitative estimate of drug-likeness (QED) is 0.661. The van der Waals surface area contributed by atoms with Crippen LogP contribution in [0.2, 0.25) is 0 Å². The van der Waals surface area contributed by atoms with E-state index in [0.29, 0.717) is 5.82 Å². The molecule has 0 saturated carbocycles. The lowest BCUT2D eigenvalue weighted by molar-refractivity contribution is 0.111. The second kappa shape index (κ2) is 4.21. The molecule has 0 aliphatic heterocycles. The maximum absolute atomic E-state index is 10.6. The summed E-state index contributed by atoms with van der Waals surface area (Å²) in [5.74, 6) is 0.542. The molecule has 72 valence electrons. The fourth-order valence-electron chi connectivity index (χ4n) is 1.55. The fourth-order valence-corrected chi connectivity index (χ4v) is 1.55. The third-order valence-electron chi connectivity index (χ3n) is 2.26. The third kappa shape index (κ3) is 1.79. The molecule has 0 aromatic carbocycles. The maximum Gasteiger partial charge on any atom is 0.185 e. The van der Waals surface area contributed by atoms with Crippen molar-refractivity contribution in [3.8, 4) is 0 Å². The molecule has 1 aromatic heterocycles. The maximum atomic E-state index is 10.6. The predicted molar refractivity (Wildman–Crippen MR) is 52.0 cm³/mol. The number of nitrogens with zero attached hydrogens (tertiary/aromatic N) is 2. The molecule has 0 N–H and O–H groups in total. The summed E-state index contributed by atoms with van der Waals surface area (Å²) in [6.07, 6.45) is 3.81. The van der Waals surface area contributed by atoms with E-state index in [1.807, 2.05) is 11.6 Å². The van der Waals surface area contributed by atoms with Crippen molar-refractivity contribution in [2.75, 3.05) is 0 Å². The molecule has 1 aromatic rings. The molecule has 0 spiro atoms. The van der Waals surface area contributed by atoms with Crippen LogP contribution in [-0.4, -0.2) is 15.8 Å². The molecule has 0 saturated heterocycles. The van der Waals surface area contributed by atoms with E-state index in [-0.39, 0.29) is 0 Å². The number of imidazole rings is 1. The van der Waals surface area contributed by atoms with Crippen LogP contribution in [0.15, 0.2) is 0 Å². The minimum atomic E-state index is 0.542. The van der Waals surface area contributed by atoms with Gasteiger partial charge in [-0.05, 0) is 12.8 Å². The monoisotopic (exact) mass is 180 g/mol. The zero-order valence-corrected chi connectivity index (χ0v) is 8.50. The van der Waals surface area contributed by atoms with Gasteiger partial charge in [0, 0.05) is 12.7 Å². The molecule has 0 fully saturated rings. The molecule has 0 atom stereocenters. The zero-order chi connectivity index (χ0) is 9.84. The van der Waals surface area contributed by atoms with Crippen molar-refractivity contribution in [1.82, 2.24) is 9.55 Å². The van der Waals surface area contributed by atoms with Crippen molar-refractivity contribution in [1.29, 1.82) is 0 Å². The smallest absolute Gasteiger partial charge is 0.185 e. The molecular weight excluding hydrogens is 164 g/mol. The highest BCUT2D eigenvalue weighted by Crippen LogP contribution is 2.12. The van der Waals surface area contributed by atoms with Crippen molar-refractivity contribution in [3.63, 3.8) is 0 Å². The van der Waals surface area contributed by atoms with E-state index < -0.39 is 0 Å². The van der Waals surface area contributed by atoms with Crippen LogP contribution in [0.5, 0.6) is 0 Å². The molecule has 0 radical (unpaired) electrons. The van der Waals surface area contributed by atoms with E-state index >= 15 is 0 Å². The molecule has 3 heteroatoms. The van der Waals surface area contributed by atoms with Gasteiger partial charge in [0.25, 0.3) is 0 Å². The molecule has 0 bridgehead atoms. The van der Waals surface area contributed by atoms with Crippen molar-refractivity contribution in [2.24, 2.45) is 7.05 Å². The lowest BCUT2D eigenvalue weighted by atomic mass is 10.2. The van der Waals surface area contributed by atoms with Crippen LogP contribution >= 0.6 is 0 Å². The molecule has 13 heavy (non-hydrogen) atoms. The van der Waals surface area contributed by atoms with Crippen molar-refractivity contribution in [3.05, 3.63) is 17.2 Å².